The molecule has 7 nitrogen and oxygen atoms in total. The van der Waals surface area contributed by atoms with Gasteiger partial charge in [-0.3, -0.25) is 13.9 Å². The van der Waals surface area contributed by atoms with E-state index in [1.807, 2.05) is 75.4 Å². The maximum absolute atomic E-state index is 13.9. The number of anilines is 1. The number of nitrogens with one attached hydrogen (secondary N) is 1. The summed E-state index contributed by atoms with van der Waals surface area (Å²) < 4.78 is 26.7. The third-order valence-corrected chi connectivity index (χ3v) is 8.77. The highest BCUT2D eigenvalue weighted by Crippen LogP contribution is 2.21. The van der Waals surface area contributed by atoms with Crippen LogP contribution in [0.3, 0.4) is 0 Å². The van der Waals surface area contributed by atoms with Gasteiger partial charge in [0.05, 0.1) is 11.9 Å². The number of sulfonamides is 1. The average molecular weight is 612 g/mol. The second kappa shape index (κ2) is 15.8. The molecule has 2 atom stereocenters. The van der Waals surface area contributed by atoms with Gasteiger partial charge in [0, 0.05) is 37.0 Å². The Hall–Kier alpha value is -3.36. The molecule has 42 heavy (non-hydrogen) atoms. The summed E-state index contributed by atoms with van der Waals surface area (Å²) in [5, 5.41) is 3.65. The van der Waals surface area contributed by atoms with Crippen molar-refractivity contribution in [3.63, 3.8) is 0 Å². The Morgan fingerprint density at radius 2 is 1.50 bits per heavy atom. The van der Waals surface area contributed by atoms with Crippen molar-refractivity contribution in [3.8, 4) is 0 Å². The minimum Gasteiger partial charge on any atom is -0.352 e. The van der Waals surface area contributed by atoms with Crippen molar-refractivity contribution in [3.05, 3.63) is 101 Å². The van der Waals surface area contributed by atoms with E-state index in [0.29, 0.717) is 23.6 Å². The van der Waals surface area contributed by atoms with Crippen molar-refractivity contribution in [2.45, 2.75) is 71.5 Å². The van der Waals surface area contributed by atoms with E-state index in [-0.39, 0.29) is 37.4 Å². The highest BCUT2D eigenvalue weighted by Gasteiger charge is 2.31. The fourth-order valence-electron chi connectivity index (χ4n) is 4.68. The van der Waals surface area contributed by atoms with Crippen molar-refractivity contribution in [2.75, 3.05) is 17.1 Å². The maximum atomic E-state index is 13.9. The van der Waals surface area contributed by atoms with Crippen LogP contribution in [-0.4, -0.2) is 50.0 Å². The molecule has 3 aromatic rings. The van der Waals surface area contributed by atoms with E-state index < -0.39 is 16.1 Å². The highest BCUT2D eigenvalue weighted by molar-refractivity contribution is 7.92. The largest absolute Gasteiger partial charge is 0.352 e. The van der Waals surface area contributed by atoms with Gasteiger partial charge < -0.3 is 10.2 Å². The van der Waals surface area contributed by atoms with Crippen LogP contribution in [0.1, 0.15) is 56.7 Å². The lowest BCUT2D eigenvalue weighted by Gasteiger charge is -2.32. The first kappa shape index (κ1) is 33.1. The third-order valence-electron chi connectivity index (χ3n) is 7.32. The first-order valence-electron chi connectivity index (χ1n) is 14.5. The van der Waals surface area contributed by atoms with E-state index in [0.717, 1.165) is 29.5 Å². The van der Waals surface area contributed by atoms with Gasteiger partial charge in [0.25, 0.3) is 0 Å². The highest BCUT2D eigenvalue weighted by atomic mass is 35.5. The standard InChI is InChI=1S/C33H42ClN3O4S/c1-5-25(3)35-33(39)31(23-27-11-8-7-9-12-27)36(24-28-14-18-29(34)19-15-28)32(38)13-10-22-37(42(4,40)41)30-20-16-26(6-2)17-21-30/h7-9,11-12,14-21,25,31H,5-6,10,13,22-24H2,1-4H3,(H,35,39)/t25-,31-/m1/s1. The van der Waals surface area contributed by atoms with Gasteiger partial charge in [0.1, 0.15) is 6.04 Å². The molecule has 0 fully saturated rings. The normalized spacial score (nSPS) is 12.8. The van der Waals surface area contributed by atoms with Crippen LogP contribution in [-0.2, 0) is 39.0 Å². The predicted molar refractivity (Wildman–Crippen MR) is 171 cm³/mol. The van der Waals surface area contributed by atoms with Crippen LogP contribution < -0.4 is 9.62 Å². The molecule has 0 aliphatic heterocycles. The summed E-state index contributed by atoms with van der Waals surface area (Å²) in [7, 11) is -3.56. The molecule has 0 aromatic heterocycles. The lowest BCUT2D eigenvalue weighted by molar-refractivity contribution is -0.141. The van der Waals surface area contributed by atoms with E-state index in [2.05, 4.69) is 5.32 Å². The molecule has 0 saturated heterocycles. The smallest absolute Gasteiger partial charge is 0.243 e. The summed E-state index contributed by atoms with van der Waals surface area (Å²) in [6.07, 6.45) is 3.51. The SMILES string of the molecule is CCc1ccc(N(CCCC(=O)N(Cc2ccc(Cl)cc2)[C@H](Cc2ccccc2)C(=O)N[C@H](C)CC)S(C)(=O)=O)cc1. The second-order valence-electron chi connectivity index (χ2n) is 10.6. The average Bonchev–Trinajstić information content (AvgIpc) is 2.97. The number of benzene rings is 3. The van der Waals surface area contributed by atoms with Gasteiger partial charge in [0.2, 0.25) is 21.8 Å². The molecule has 0 aliphatic rings. The molecular formula is C33H42ClN3O4S. The van der Waals surface area contributed by atoms with Crippen LogP contribution in [0.5, 0.6) is 0 Å². The Morgan fingerprint density at radius 1 is 0.881 bits per heavy atom. The topological polar surface area (TPSA) is 86.8 Å². The van der Waals surface area contributed by atoms with Gasteiger partial charge in [0.15, 0.2) is 0 Å². The van der Waals surface area contributed by atoms with Crippen molar-refractivity contribution in [1.82, 2.24) is 10.2 Å². The lowest BCUT2D eigenvalue weighted by atomic mass is 10.0. The molecule has 0 aliphatic carbocycles. The Balaban J connectivity index is 1.87. The van der Waals surface area contributed by atoms with Gasteiger partial charge in [-0.25, -0.2) is 8.42 Å². The predicted octanol–water partition coefficient (Wildman–Crippen LogP) is 6.00. The zero-order valence-electron chi connectivity index (χ0n) is 24.9. The minimum absolute atomic E-state index is 0.0503. The first-order valence-corrected chi connectivity index (χ1v) is 16.7. The number of nitrogens with zero attached hydrogens (tertiary/aromatic N) is 2. The maximum Gasteiger partial charge on any atom is 0.243 e. The van der Waals surface area contributed by atoms with Gasteiger partial charge >= 0.3 is 0 Å². The van der Waals surface area contributed by atoms with Crippen LogP contribution in [0, 0.1) is 0 Å². The van der Waals surface area contributed by atoms with Gasteiger partial charge in [-0.1, -0.05) is 80.0 Å². The number of hydrogen-bond donors (Lipinski definition) is 1. The Bertz CT molecular complexity index is 1400. The van der Waals surface area contributed by atoms with Gasteiger partial charge in [-0.15, -0.1) is 0 Å². The second-order valence-corrected chi connectivity index (χ2v) is 13.0. The molecule has 0 spiro atoms. The summed E-state index contributed by atoms with van der Waals surface area (Å²) in [4.78, 5) is 29.2. The number of rotatable bonds is 15. The summed E-state index contributed by atoms with van der Waals surface area (Å²) >= 11 is 6.11. The number of carbonyl (C=O) groups is 2. The fraction of sp³-hybridized carbons (Fsp3) is 0.394. The molecule has 0 heterocycles. The van der Waals surface area contributed by atoms with Crippen LogP contribution in [0.25, 0.3) is 0 Å². The molecular weight excluding hydrogens is 570 g/mol. The van der Waals surface area contributed by atoms with E-state index in [4.69, 9.17) is 11.6 Å². The Morgan fingerprint density at radius 3 is 2.07 bits per heavy atom. The van der Waals surface area contributed by atoms with Crippen molar-refractivity contribution in [1.29, 1.82) is 0 Å². The zero-order chi connectivity index (χ0) is 30.7. The summed E-state index contributed by atoms with van der Waals surface area (Å²) in [6, 6.07) is 23.5. The first-order chi connectivity index (χ1) is 20.0. The van der Waals surface area contributed by atoms with E-state index >= 15 is 0 Å². The van der Waals surface area contributed by atoms with Crippen molar-refractivity contribution < 1.29 is 18.0 Å². The van der Waals surface area contributed by atoms with Crippen LogP contribution in [0.4, 0.5) is 5.69 Å². The summed E-state index contributed by atoms with van der Waals surface area (Å²) in [5.41, 5.74) is 3.46. The Labute approximate surface area is 255 Å². The third kappa shape index (κ3) is 9.88. The summed E-state index contributed by atoms with van der Waals surface area (Å²) in [5.74, 6) is -0.441. The van der Waals surface area contributed by atoms with E-state index in [1.54, 1.807) is 29.2 Å². The molecule has 9 heteroatoms. The molecule has 0 unspecified atom stereocenters. The number of halogens is 1. The molecule has 226 valence electrons. The Kier molecular flexibility index (Phi) is 12.4. The number of hydrogen-bond acceptors (Lipinski definition) is 4. The van der Waals surface area contributed by atoms with E-state index in [1.165, 1.54) is 10.6 Å². The van der Waals surface area contributed by atoms with Crippen LogP contribution in [0.15, 0.2) is 78.9 Å². The minimum atomic E-state index is -3.56. The number of amides is 2. The molecule has 2 amide bonds. The van der Waals surface area contributed by atoms with Crippen LogP contribution in [0.2, 0.25) is 5.02 Å². The van der Waals surface area contributed by atoms with Crippen molar-refractivity contribution >= 4 is 39.1 Å². The van der Waals surface area contributed by atoms with Gasteiger partial charge in [-0.2, -0.15) is 0 Å². The quantitative estimate of drug-likeness (QED) is 0.228. The van der Waals surface area contributed by atoms with E-state index in [9.17, 15) is 18.0 Å². The molecule has 3 rings (SSSR count). The molecule has 0 saturated carbocycles. The lowest BCUT2D eigenvalue weighted by Crippen LogP contribution is -2.52. The molecule has 0 bridgehead atoms. The number of carbonyl (C=O) groups excluding carboxylic acids is 2. The zero-order valence-corrected chi connectivity index (χ0v) is 26.5. The fourth-order valence-corrected chi connectivity index (χ4v) is 5.77. The van der Waals surface area contributed by atoms with Crippen LogP contribution >= 0.6 is 11.6 Å². The molecule has 0 radical (unpaired) electrons. The molecule has 3 aromatic carbocycles. The van der Waals surface area contributed by atoms with Gasteiger partial charge in [-0.05, 0) is 67.1 Å². The monoisotopic (exact) mass is 611 g/mol. The molecule has 1 N–H and O–H groups in total. The summed E-state index contributed by atoms with van der Waals surface area (Å²) in [6.45, 7) is 6.34. The number of aryl methyl sites for hydroxylation is 1. The van der Waals surface area contributed by atoms with Crippen molar-refractivity contribution in [2.24, 2.45) is 0 Å².